The lowest BCUT2D eigenvalue weighted by Crippen LogP contribution is -2.37. The molecule has 2 N–H and O–H groups in total. The molecule has 1 aromatic carbocycles. The summed E-state index contributed by atoms with van der Waals surface area (Å²) in [6, 6.07) is 3.63. The average molecular weight is 666 g/mol. The Labute approximate surface area is 266 Å². The predicted molar refractivity (Wildman–Crippen MR) is 160 cm³/mol. The van der Waals surface area contributed by atoms with E-state index in [0.29, 0.717) is 56.3 Å². The van der Waals surface area contributed by atoms with Crippen molar-refractivity contribution in [2.24, 2.45) is 5.92 Å². The van der Waals surface area contributed by atoms with E-state index in [0.717, 1.165) is 17.4 Å². The molecule has 0 amide bonds. The molecule has 2 saturated heterocycles. The van der Waals surface area contributed by atoms with Gasteiger partial charge < -0.3 is 34.3 Å². The number of nitrogens with zero attached hydrogens (tertiary/aromatic N) is 4. The zero-order chi connectivity index (χ0) is 32.8. The van der Waals surface area contributed by atoms with Gasteiger partial charge in [0.15, 0.2) is 11.4 Å². The van der Waals surface area contributed by atoms with Gasteiger partial charge in [0.2, 0.25) is 0 Å². The van der Waals surface area contributed by atoms with E-state index < -0.39 is 30.0 Å². The Morgan fingerprint density at radius 2 is 1.96 bits per heavy atom. The van der Waals surface area contributed by atoms with Crippen molar-refractivity contribution in [3.63, 3.8) is 0 Å². The summed E-state index contributed by atoms with van der Waals surface area (Å²) < 4.78 is 63.3. The number of nitrogens with one attached hydrogen (secondary N) is 1. The highest BCUT2D eigenvalue weighted by molar-refractivity contribution is 7.16. The number of ether oxygens (including phenoxy) is 4. The molecule has 12 nitrogen and oxygen atoms in total. The molecule has 4 heterocycles. The summed E-state index contributed by atoms with van der Waals surface area (Å²) in [5.74, 6) is -0.648. The van der Waals surface area contributed by atoms with Crippen LogP contribution >= 0.6 is 11.3 Å². The second-order valence-corrected chi connectivity index (χ2v) is 11.8. The molecule has 46 heavy (non-hydrogen) atoms. The van der Waals surface area contributed by atoms with Gasteiger partial charge in [-0.25, -0.2) is 9.97 Å². The van der Waals surface area contributed by atoms with Crippen LogP contribution in [0.25, 0.3) is 11.3 Å². The van der Waals surface area contributed by atoms with Crippen LogP contribution in [0.3, 0.4) is 0 Å². The number of aliphatic hydroxyl groups excluding tert-OH is 1. The van der Waals surface area contributed by atoms with Crippen molar-refractivity contribution in [1.82, 2.24) is 15.0 Å². The highest BCUT2D eigenvalue weighted by Crippen LogP contribution is 2.41. The van der Waals surface area contributed by atoms with Crippen LogP contribution in [-0.4, -0.2) is 71.0 Å². The largest absolute Gasteiger partial charge is 0.487 e. The molecule has 0 bridgehead atoms. The number of hydrogen-bond donors (Lipinski definition) is 2. The van der Waals surface area contributed by atoms with Crippen molar-refractivity contribution >= 4 is 34.2 Å². The van der Waals surface area contributed by atoms with Crippen LogP contribution < -0.4 is 15.0 Å². The standard InChI is InChI=1S/C30H34F3N5O7S/c1-3-43-28(41)18-6-9-38(10-7-18)25-14-34-22(13-35-25)27(40)37-29-36-26(24(46-29)16-44-17(2)39)19-4-5-23(21(12-19)30(31,32)33)45-20-8-11-42-15-20/h4-5,12-14,18,20,27,40H,3,6-11,15-16H2,1-2H3,(H,36,37)/t20-,27?/m0/s1. The van der Waals surface area contributed by atoms with Crippen molar-refractivity contribution in [3.8, 4) is 17.0 Å². The van der Waals surface area contributed by atoms with Crippen LogP contribution in [0, 0.1) is 5.92 Å². The van der Waals surface area contributed by atoms with E-state index >= 15 is 0 Å². The van der Waals surface area contributed by atoms with Crippen LogP contribution in [0.15, 0.2) is 30.6 Å². The minimum absolute atomic E-state index is 0.124. The Bertz CT molecular complexity index is 1510. The molecular formula is C30H34F3N5O7S. The summed E-state index contributed by atoms with van der Waals surface area (Å²) in [5.41, 5.74) is -0.521. The normalized spacial score (nSPS) is 17.9. The number of aromatic nitrogens is 3. The Morgan fingerprint density at radius 1 is 1.17 bits per heavy atom. The van der Waals surface area contributed by atoms with E-state index in [1.54, 1.807) is 6.92 Å². The summed E-state index contributed by atoms with van der Waals surface area (Å²) >= 11 is 1.01. The number of esters is 2. The molecule has 2 fully saturated rings. The van der Waals surface area contributed by atoms with Gasteiger partial charge in [-0.05, 0) is 38.0 Å². The highest BCUT2D eigenvalue weighted by Gasteiger charge is 2.36. The van der Waals surface area contributed by atoms with Crippen molar-refractivity contribution in [2.45, 2.75) is 58.2 Å². The molecule has 2 aromatic heterocycles. The summed E-state index contributed by atoms with van der Waals surface area (Å²) in [7, 11) is 0. The zero-order valence-corrected chi connectivity index (χ0v) is 26.0. The van der Waals surface area contributed by atoms with Crippen molar-refractivity contribution in [3.05, 3.63) is 46.7 Å². The molecule has 5 rings (SSSR count). The lowest BCUT2D eigenvalue weighted by Gasteiger charge is -2.31. The third-order valence-corrected chi connectivity index (χ3v) is 8.44. The summed E-state index contributed by atoms with van der Waals surface area (Å²) in [6.45, 7) is 4.92. The third kappa shape index (κ3) is 8.22. The molecule has 2 atom stereocenters. The Balaban J connectivity index is 1.31. The number of piperidine rings is 1. The molecule has 16 heteroatoms. The van der Waals surface area contributed by atoms with Crippen LogP contribution in [0.4, 0.5) is 24.1 Å². The fraction of sp³-hybridized carbons (Fsp3) is 0.500. The molecule has 0 saturated carbocycles. The maximum Gasteiger partial charge on any atom is 0.419 e. The van der Waals surface area contributed by atoms with E-state index in [-0.39, 0.29) is 52.9 Å². The van der Waals surface area contributed by atoms with Gasteiger partial charge in [-0.1, -0.05) is 11.3 Å². The molecule has 248 valence electrons. The predicted octanol–water partition coefficient (Wildman–Crippen LogP) is 4.73. The van der Waals surface area contributed by atoms with Crippen LogP contribution in [0.2, 0.25) is 0 Å². The van der Waals surface area contributed by atoms with Gasteiger partial charge in [0.1, 0.15) is 30.0 Å². The maximum absolute atomic E-state index is 14.1. The van der Waals surface area contributed by atoms with Gasteiger partial charge in [0.25, 0.3) is 0 Å². The minimum Gasteiger partial charge on any atom is -0.487 e. The summed E-state index contributed by atoms with van der Waals surface area (Å²) in [6.07, 6.45) is -1.88. The molecule has 2 aliphatic heterocycles. The average Bonchev–Trinajstić information content (AvgIpc) is 3.70. The number of carbonyl (C=O) groups excluding carboxylic acids is 2. The SMILES string of the molecule is CCOC(=O)C1CCN(c2cnc(C(O)Nc3nc(-c4ccc(O[C@H]5CCOC5)c(C(F)(F)F)c4)c(COC(C)=O)s3)cn2)CC1. The van der Waals surface area contributed by atoms with Gasteiger partial charge in [0, 0.05) is 32.0 Å². The Hall–Kier alpha value is -4.02. The zero-order valence-electron chi connectivity index (χ0n) is 25.2. The number of benzene rings is 1. The molecular weight excluding hydrogens is 631 g/mol. The number of halogens is 3. The number of alkyl halides is 3. The van der Waals surface area contributed by atoms with Gasteiger partial charge in [-0.15, -0.1) is 0 Å². The van der Waals surface area contributed by atoms with Gasteiger partial charge >= 0.3 is 18.1 Å². The molecule has 0 spiro atoms. The number of anilines is 2. The van der Waals surface area contributed by atoms with E-state index in [1.807, 2.05) is 4.90 Å². The molecule has 0 radical (unpaired) electrons. The van der Waals surface area contributed by atoms with Crippen molar-refractivity contribution in [1.29, 1.82) is 0 Å². The Morgan fingerprint density at radius 3 is 2.59 bits per heavy atom. The van der Waals surface area contributed by atoms with Gasteiger partial charge in [0.05, 0.1) is 54.3 Å². The number of carbonyl (C=O) groups is 2. The highest BCUT2D eigenvalue weighted by atomic mass is 32.1. The lowest BCUT2D eigenvalue weighted by atomic mass is 9.97. The topological polar surface area (TPSA) is 145 Å². The quantitative estimate of drug-likeness (QED) is 0.216. The van der Waals surface area contributed by atoms with E-state index in [9.17, 15) is 27.9 Å². The number of rotatable bonds is 11. The maximum atomic E-state index is 14.1. The summed E-state index contributed by atoms with van der Waals surface area (Å²) in [5, 5.41) is 13.8. The molecule has 2 aliphatic rings. The van der Waals surface area contributed by atoms with Crippen LogP contribution in [0.1, 0.15) is 55.5 Å². The lowest BCUT2D eigenvalue weighted by molar-refractivity contribution is -0.148. The van der Waals surface area contributed by atoms with E-state index in [1.165, 1.54) is 31.5 Å². The second-order valence-electron chi connectivity index (χ2n) is 10.7. The van der Waals surface area contributed by atoms with Crippen molar-refractivity contribution < 1.29 is 46.8 Å². The fourth-order valence-corrected chi connectivity index (χ4v) is 6.04. The number of hydrogen-bond acceptors (Lipinski definition) is 13. The van der Waals surface area contributed by atoms with Gasteiger partial charge in [-0.3, -0.25) is 14.6 Å². The number of aliphatic hydroxyl groups is 1. The summed E-state index contributed by atoms with van der Waals surface area (Å²) in [4.78, 5) is 39.1. The first-order chi connectivity index (χ1) is 22.0. The van der Waals surface area contributed by atoms with Crippen molar-refractivity contribution in [2.75, 3.05) is 43.1 Å². The monoisotopic (exact) mass is 665 g/mol. The molecule has 3 aromatic rings. The first-order valence-corrected chi connectivity index (χ1v) is 15.6. The van der Waals surface area contributed by atoms with E-state index in [4.69, 9.17) is 18.9 Å². The minimum atomic E-state index is -4.71. The van der Waals surface area contributed by atoms with Crippen LogP contribution in [-0.2, 0) is 36.6 Å². The first-order valence-electron chi connectivity index (χ1n) is 14.8. The molecule has 1 unspecified atom stereocenters. The smallest absolute Gasteiger partial charge is 0.419 e. The molecule has 0 aliphatic carbocycles. The number of thiazole rings is 1. The third-order valence-electron chi connectivity index (χ3n) is 7.48. The Kier molecular flexibility index (Phi) is 10.6. The van der Waals surface area contributed by atoms with E-state index in [2.05, 4.69) is 20.3 Å². The second kappa shape index (κ2) is 14.6. The fourth-order valence-electron chi connectivity index (χ4n) is 5.12. The van der Waals surface area contributed by atoms with Gasteiger partial charge in [-0.2, -0.15) is 13.2 Å². The first kappa shape index (κ1) is 33.3. The van der Waals surface area contributed by atoms with Crippen LogP contribution in [0.5, 0.6) is 5.75 Å².